The topological polar surface area (TPSA) is 55.8 Å². The fourth-order valence-electron chi connectivity index (χ4n) is 3.96. The zero-order valence-corrected chi connectivity index (χ0v) is 18.0. The summed E-state index contributed by atoms with van der Waals surface area (Å²) in [5.41, 5.74) is 0.550. The Bertz CT molecular complexity index is 819. The van der Waals surface area contributed by atoms with E-state index in [1.54, 1.807) is 7.11 Å². The first-order valence-corrected chi connectivity index (χ1v) is 11.0. The first-order valence-electron chi connectivity index (χ1n) is 10.2. The van der Waals surface area contributed by atoms with Crippen molar-refractivity contribution in [3.63, 3.8) is 0 Å². The van der Waals surface area contributed by atoms with Gasteiger partial charge >= 0.3 is 5.97 Å². The van der Waals surface area contributed by atoms with Crippen molar-refractivity contribution in [3.8, 4) is 0 Å². The van der Waals surface area contributed by atoms with Crippen molar-refractivity contribution in [2.24, 2.45) is 5.41 Å². The van der Waals surface area contributed by atoms with Gasteiger partial charge in [0.2, 0.25) is 0 Å². The molecule has 1 amide bonds. The minimum atomic E-state index is -0.646. The number of likely N-dealkylation sites (tertiary alicyclic amines) is 1. The number of aryl methyl sites for hydroxylation is 1. The number of rotatable bonds is 8. The van der Waals surface area contributed by atoms with Crippen molar-refractivity contribution in [1.82, 2.24) is 4.90 Å². The second kappa shape index (κ2) is 10.0. The van der Waals surface area contributed by atoms with E-state index >= 15 is 0 Å². The Balaban J connectivity index is 1.76. The number of amides is 1. The van der Waals surface area contributed by atoms with Gasteiger partial charge in [-0.1, -0.05) is 30.3 Å². The maximum absolute atomic E-state index is 13.1. The van der Waals surface area contributed by atoms with Crippen molar-refractivity contribution >= 4 is 23.2 Å². The molecule has 0 radical (unpaired) electrons. The lowest BCUT2D eigenvalue weighted by Crippen LogP contribution is -2.50. The van der Waals surface area contributed by atoms with E-state index in [-0.39, 0.29) is 11.9 Å². The number of methoxy groups -OCH3 is 1. The molecule has 0 spiro atoms. The second-order valence-electron chi connectivity index (χ2n) is 7.52. The average Bonchev–Trinajstić information content (AvgIpc) is 3.22. The van der Waals surface area contributed by atoms with E-state index in [0.29, 0.717) is 37.6 Å². The highest BCUT2D eigenvalue weighted by Gasteiger charge is 2.44. The smallest absolute Gasteiger partial charge is 0.313 e. The molecule has 0 aliphatic carbocycles. The summed E-state index contributed by atoms with van der Waals surface area (Å²) >= 11 is 1.46. The molecule has 3 rings (SSSR count). The minimum absolute atomic E-state index is 0.00885. The largest absolute Gasteiger partial charge is 0.466 e. The number of hydrogen-bond donors (Lipinski definition) is 0. The lowest BCUT2D eigenvalue weighted by atomic mass is 9.75. The van der Waals surface area contributed by atoms with Crippen LogP contribution in [0.3, 0.4) is 0 Å². The Morgan fingerprint density at radius 2 is 1.97 bits per heavy atom. The molecule has 5 nitrogen and oxygen atoms in total. The third kappa shape index (κ3) is 5.25. The molecular formula is C23H29NO4S. The lowest BCUT2D eigenvalue weighted by molar-refractivity contribution is -0.159. The predicted molar refractivity (Wildman–Crippen MR) is 114 cm³/mol. The summed E-state index contributed by atoms with van der Waals surface area (Å²) in [5.74, 6) is -0.190. The fraction of sp³-hybridized carbons (Fsp3) is 0.478. The lowest BCUT2D eigenvalue weighted by Gasteiger charge is -2.41. The third-order valence-corrected chi connectivity index (χ3v) is 6.51. The third-order valence-electron chi connectivity index (χ3n) is 5.47. The van der Waals surface area contributed by atoms with E-state index in [9.17, 15) is 9.59 Å². The number of carbonyl (C=O) groups excluding carboxylic acids is 2. The number of thiophene rings is 1. The molecule has 0 N–H and O–H groups in total. The van der Waals surface area contributed by atoms with Crippen molar-refractivity contribution in [2.75, 3.05) is 26.8 Å². The molecule has 156 valence electrons. The summed E-state index contributed by atoms with van der Waals surface area (Å²) in [6.45, 7) is 3.77. The van der Waals surface area contributed by atoms with E-state index < -0.39 is 5.41 Å². The summed E-state index contributed by atoms with van der Waals surface area (Å²) in [5, 5.41) is 0. The van der Waals surface area contributed by atoms with Crippen LogP contribution in [0.5, 0.6) is 0 Å². The van der Waals surface area contributed by atoms with Crippen LogP contribution in [0.1, 0.15) is 46.3 Å². The van der Waals surface area contributed by atoms with E-state index in [2.05, 4.69) is 12.1 Å². The molecule has 1 atom stereocenters. The fourth-order valence-corrected chi connectivity index (χ4v) is 4.91. The molecule has 0 unspecified atom stereocenters. The Kier molecular flexibility index (Phi) is 7.45. The van der Waals surface area contributed by atoms with E-state index in [4.69, 9.17) is 9.47 Å². The molecule has 0 saturated carbocycles. The maximum atomic E-state index is 13.1. The minimum Gasteiger partial charge on any atom is -0.466 e. The maximum Gasteiger partial charge on any atom is 0.313 e. The van der Waals surface area contributed by atoms with Crippen LogP contribution in [-0.2, 0) is 27.3 Å². The highest BCUT2D eigenvalue weighted by molar-refractivity contribution is 7.14. The molecule has 29 heavy (non-hydrogen) atoms. The monoisotopic (exact) mass is 415 g/mol. The number of nitrogens with zero attached hydrogens (tertiary/aromatic N) is 1. The highest BCUT2D eigenvalue weighted by Crippen LogP contribution is 2.37. The van der Waals surface area contributed by atoms with Gasteiger partial charge in [-0.15, -0.1) is 11.3 Å². The normalized spacial score (nSPS) is 19.2. The van der Waals surface area contributed by atoms with E-state index in [1.165, 1.54) is 16.9 Å². The standard InChI is InChI=1S/C23H29NO4S/c1-3-28-22(26)23(14-12-18-8-5-4-6-9-18)13-7-15-24(17-23)21(25)20-11-10-19(29-20)16-27-2/h4-6,8-11H,3,7,12-17H2,1-2H3/t23-/m0/s1. The quantitative estimate of drug-likeness (QED) is 0.603. The second-order valence-corrected chi connectivity index (χ2v) is 8.68. The Labute approximate surface area is 176 Å². The van der Waals surface area contributed by atoms with Crippen molar-refractivity contribution in [1.29, 1.82) is 0 Å². The Hall–Kier alpha value is -2.18. The van der Waals surface area contributed by atoms with Gasteiger partial charge in [0.05, 0.1) is 23.5 Å². The Morgan fingerprint density at radius 1 is 1.17 bits per heavy atom. The SMILES string of the molecule is CCOC(=O)[C@]1(CCc2ccccc2)CCCN(C(=O)c2ccc(COC)s2)C1. The number of piperidine rings is 1. The zero-order chi connectivity index (χ0) is 20.7. The molecule has 1 fully saturated rings. The van der Waals surface area contributed by atoms with Gasteiger partial charge in [-0.25, -0.2) is 0 Å². The van der Waals surface area contributed by atoms with Gasteiger partial charge in [0.15, 0.2) is 0 Å². The van der Waals surface area contributed by atoms with Crippen LogP contribution in [0.4, 0.5) is 0 Å². The van der Waals surface area contributed by atoms with Crippen LogP contribution >= 0.6 is 11.3 Å². The van der Waals surface area contributed by atoms with Crippen molar-refractivity contribution < 1.29 is 19.1 Å². The summed E-state index contributed by atoms with van der Waals surface area (Å²) in [4.78, 5) is 29.6. The van der Waals surface area contributed by atoms with Gasteiger partial charge in [0.25, 0.3) is 5.91 Å². The number of hydrogen-bond acceptors (Lipinski definition) is 5. The first-order chi connectivity index (χ1) is 14.1. The van der Waals surface area contributed by atoms with E-state index in [0.717, 1.165) is 24.1 Å². The first kappa shape index (κ1) is 21.5. The van der Waals surface area contributed by atoms with Gasteiger partial charge in [0.1, 0.15) is 0 Å². The summed E-state index contributed by atoms with van der Waals surface area (Å²) in [7, 11) is 1.65. The molecule has 0 bridgehead atoms. The number of benzene rings is 1. The number of ether oxygens (including phenoxy) is 2. The van der Waals surface area contributed by atoms with Crippen molar-refractivity contribution in [3.05, 3.63) is 57.8 Å². The molecule has 2 aromatic rings. The Morgan fingerprint density at radius 3 is 2.69 bits per heavy atom. The molecule has 1 aromatic carbocycles. The molecule has 6 heteroatoms. The summed E-state index contributed by atoms with van der Waals surface area (Å²) < 4.78 is 10.6. The van der Waals surface area contributed by atoms with Gasteiger partial charge < -0.3 is 14.4 Å². The number of esters is 1. The van der Waals surface area contributed by atoms with Crippen LogP contribution in [0.25, 0.3) is 0 Å². The van der Waals surface area contributed by atoms with Gasteiger partial charge in [-0.05, 0) is 50.3 Å². The molecule has 1 aromatic heterocycles. The van der Waals surface area contributed by atoms with Crippen LogP contribution in [0, 0.1) is 5.41 Å². The van der Waals surface area contributed by atoms with Crippen LogP contribution in [0.2, 0.25) is 0 Å². The van der Waals surface area contributed by atoms with Crippen LogP contribution in [-0.4, -0.2) is 43.6 Å². The average molecular weight is 416 g/mol. The molecule has 1 aliphatic rings. The molecular weight excluding hydrogens is 386 g/mol. The van der Waals surface area contributed by atoms with E-state index in [1.807, 2.05) is 42.2 Å². The van der Waals surface area contributed by atoms with Crippen LogP contribution in [0.15, 0.2) is 42.5 Å². The van der Waals surface area contributed by atoms with Gasteiger partial charge in [0, 0.05) is 25.1 Å². The molecule has 1 saturated heterocycles. The molecule has 1 aliphatic heterocycles. The molecule has 2 heterocycles. The van der Waals surface area contributed by atoms with Crippen LogP contribution < -0.4 is 0 Å². The summed E-state index contributed by atoms with van der Waals surface area (Å²) in [6, 6.07) is 14.0. The van der Waals surface area contributed by atoms with Gasteiger partial charge in [-0.3, -0.25) is 9.59 Å². The zero-order valence-electron chi connectivity index (χ0n) is 17.2. The predicted octanol–water partition coefficient (Wildman–Crippen LogP) is 4.31. The number of carbonyl (C=O) groups is 2. The van der Waals surface area contributed by atoms with Gasteiger partial charge in [-0.2, -0.15) is 0 Å². The summed E-state index contributed by atoms with van der Waals surface area (Å²) in [6.07, 6.45) is 3.02. The van der Waals surface area contributed by atoms with Crippen molar-refractivity contribution in [2.45, 2.75) is 39.2 Å². The highest BCUT2D eigenvalue weighted by atomic mass is 32.1.